The van der Waals surface area contributed by atoms with Crippen molar-refractivity contribution in [1.29, 1.82) is 0 Å². The van der Waals surface area contributed by atoms with E-state index in [2.05, 4.69) is 52.9 Å². The normalized spacial score (nSPS) is 10.8. The molecule has 0 aliphatic rings. The van der Waals surface area contributed by atoms with Crippen molar-refractivity contribution in [3.63, 3.8) is 0 Å². The monoisotopic (exact) mass is 595 g/mol. The van der Waals surface area contributed by atoms with Gasteiger partial charge in [-0.25, -0.2) is 0 Å². The van der Waals surface area contributed by atoms with E-state index in [9.17, 15) is 19.2 Å². The highest BCUT2D eigenvalue weighted by Crippen LogP contribution is 2.27. The van der Waals surface area contributed by atoms with E-state index >= 15 is 0 Å². The first-order valence-electron chi connectivity index (χ1n) is 12.2. The lowest BCUT2D eigenvalue weighted by atomic mass is 9.87. The van der Waals surface area contributed by atoms with Gasteiger partial charge in [0.25, 0.3) is 11.8 Å². The summed E-state index contributed by atoms with van der Waals surface area (Å²) in [6, 6.07) is 21.3. The van der Waals surface area contributed by atoms with Crippen LogP contribution in [0.25, 0.3) is 0 Å². The second kappa shape index (κ2) is 13.6. The Labute approximate surface area is 235 Å². The van der Waals surface area contributed by atoms with E-state index in [1.807, 2.05) is 24.3 Å². The summed E-state index contributed by atoms with van der Waals surface area (Å²) in [5.41, 5.74) is 6.54. The van der Waals surface area contributed by atoms with Gasteiger partial charge in [-0.2, -0.15) is 0 Å². The van der Waals surface area contributed by atoms with E-state index in [1.165, 1.54) is 5.56 Å². The number of amides is 3. The Morgan fingerprint density at radius 1 is 0.744 bits per heavy atom. The van der Waals surface area contributed by atoms with Crippen LogP contribution in [0.3, 0.4) is 0 Å². The number of hydrogen-bond acceptors (Lipinski definition) is 6. The number of anilines is 1. The summed E-state index contributed by atoms with van der Waals surface area (Å²) in [6.45, 7) is 5.84. The van der Waals surface area contributed by atoms with Crippen molar-refractivity contribution in [1.82, 2.24) is 10.9 Å². The highest BCUT2D eigenvalue weighted by molar-refractivity contribution is 9.10. The van der Waals surface area contributed by atoms with Gasteiger partial charge in [0.1, 0.15) is 11.5 Å². The molecule has 0 atom stereocenters. The minimum Gasteiger partial charge on any atom is -0.457 e. The number of halogens is 1. The van der Waals surface area contributed by atoms with Gasteiger partial charge in [0.2, 0.25) is 5.91 Å². The lowest BCUT2D eigenvalue weighted by Crippen LogP contribution is -2.43. The number of carbonyl (C=O) groups excluding carboxylic acids is 4. The highest BCUT2D eigenvalue weighted by Gasteiger charge is 2.14. The van der Waals surface area contributed by atoms with Gasteiger partial charge >= 0.3 is 5.97 Å². The molecule has 204 valence electrons. The average molecular weight is 596 g/mol. The fourth-order valence-corrected chi connectivity index (χ4v) is 3.52. The summed E-state index contributed by atoms with van der Waals surface area (Å²) in [4.78, 5) is 47.9. The van der Waals surface area contributed by atoms with Crippen LogP contribution in [0.1, 0.15) is 49.5 Å². The Hall–Kier alpha value is -4.18. The van der Waals surface area contributed by atoms with Crippen molar-refractivity contribution in [2.24, 2.45) is 0 Å². The molecule has 3 rings (SSSR count). The largest absolute Gasteiger partial charge is 0.457 e. The fraction of sp³-hybridized carbons (Fsp3) is 0.241. The molecule has 10 heteroatoms. The molecule has 0 saturated carbocycles. The second-order valence-electron chi connectivity index (χ2n) is 9.62. The van der Waals surface area contributed by atoms with E-state index in [1.54, 1.807) is 48.5 Å². The van der Waals surface area contributed by atoms with Gasteiger partial charge in [-0.15, -0.1) is 0 Å². The van der Waals surface area contributed by atoms with Crippen LogP contribution in [0, 0.1) is 0 Å². The predicted octanol–water partition coefficient (Wildman–Crippen LogP) is 5.26. The molecule has 3 amide bonds. The zero-order valence-electron chi connectivity index (χ0n) is 21.9. The Morgan fingerprint density at radius 2 is 1.33 bits per heavy atom. The Bertz CT molecular complexity index is 1300. The van der Waals surface area contributed by atoms with Crippen molar-refractivity contribution >= 4 is 45.3 Å². The number of ether oxygens (including phenoxy) is 2. The molecule has 9 nitrogen and oxygen atoms in total. The van der Waals surface area contributed by atoms with Gasteiger partial charge in [-0.3, -0.25) is 30.0 Å². The van der Waals surface area contributed by atoms with E-state index < -0.39 is 24.4 Å². The van der Waals surface area contributed by atoms with E-state index in [0.717, 1.165) is 4.47 Å². The second-order valence-corrected chi connectivity index (χ2v) is 10.5. The lowest BCUT2D eigenvalue weighted by Gasteiger charge is -2.19. The quantitative estimate of drug-likeness (QED) is 0.229. The highest BCUT2D eigenvalue weighted by atomic mass is 79.9. The summed E-state index contributed by atoms with van der Waals surface area (Å²) >= 11 is 3.27. The molecule has 3 aromatic carbocycles. The molecular formula is C29H30BrN3O6. The molecular weight excluding hydrogens is 566 g/mol. The molecule has 0 unspecified atom stereocenters. The zero-order valence-corrected chi connectivity index (χ0v) is 23.5. The molecule has 3 N–H and O–H groups in total. The summed E-state index contributed by atoms with van der Waals surface area (Å²) in [6.07, 6.45) is -0.338. The maximum Gasteiger partial charge on any atom is 0.306 e. The van der Waals surface area contributed by atoms with Crippen molar-refractivity contribution < 1.29 is 28.7 Å². The van der Waals surface area contributed by atoms with Crippen LogP contribution < -0.4 is 20.9 Å². The molecule has 0 fully saturated rings. The van der Waals surface area contributed by atoms with Gasteiger partial charge < -0.3 is 14.8 Å². The summed E-state index contributed by atoms with van der Waals surface area (Å²) in [5.74, 6) is -1.02. The molecule has 0 aliphatic heterocycles. The van der Waals surface area contributed by atoms with Gasteiger partial charge in [0.15, 0.2) is 6.61 Å². The number of esters is 1. The fourth-order valence-electron chi connectivity index (χ4n) is 3.26. The van der Waals surface area contributed by atoms with Crippen LogP contribution in [-0.4, -0.2) is 30.3 Å². The van der Waals surface area contributed by atoms with Crippen LogP contribution >= 0.6 is 15.9 Å². The summed E-state index contributed by atoms with van der Waals surface area (Å²) in [7, 11) is 0. The van der Waals surface area contributed by atoms with E-state index in [4.69, 9.17) is 9.47 Å². The summed E-state index contributed by atoms with van der Waals surface area (Å²) < 4.78 is 11.5. The van der Waals surface area contributed by atoms with Gasteiger partial charge in [0, 0.05) is 22.1 Å². The number of hydrogen-bond donors (Lipinski definition) is 3. The van der Waals surface area contributed by atoms with Gasteiger partial charge in [-0.05, 0) is 71.6 Å². The lowest BCUT2D eigenvalue weighted by molar-refractivity contribution is -0.149. The molecule has 0 saturated heterocycles. The van der Waals surface area contributed by atoms with Crippen molar-refractivity contribution in [3.05, 3.63) is 88.4 Å². The van der Waals surface area contributed by atoms with Gasteiger partial charge in [0.05, 0.1) is 6.42 Å². The maximum atomic E-state index is 12.2. The van der Waals surface area contributed by atoms with Crippen LogP contribution in [0.2, 0.25) is 0 Å². The van der Waals surface area contributed by atoms with E-state index in [0.29, 0.717) is 22.7 Å². The summed E-state index contributed by atoms with van der Waals surface area (Å²) in [5, 5.41) is 2.70. The SMILES string of the molecule is CC(C)(C)c1ccc(Oc2ccc(NC(=O)CCC(=O)OCC(=O)NNC(=O)c3ccc(Br)cc3)cc2)cc1. The molecule has 0 radical (unpaired) electrons. The van der Waals surface area contributed by atoms with E-state index in [-0.39, 0.29) is 24.2 Å². The Kier molecular flexibility index (Phi) is 10.2. The Morgan fingerprint density at radius 3 is 1.92 bits per heavy atom. The number of carbonyl (C=O) groups is 4. The third-order valence-electron chi connectivity index (χ3n) is 5.44. The minimum absolute atomic E-state index is 0.0593. The van der Waals surface area contributed by atoms with Crippen LogP contribution in [-0.2, 0) is 24.5 Å². The number of hydrazine groups is 1. The molecule has 0 spiro atoms. The maximum absolute atomic E-state index is 12.2. The van der Waals surface area contributed by atoms with Crippen molar-refractivity contribution in [2.75, 3.05) is 11.9 Å². The predicted molar refractivity (Wildman–Crippen MR) is 150 cm³/mol. The minimum atomic E-state index is -0.722. The van der Waals surface area contributed by atoms with Crippen LogP contribution in [0.4, 0.5) is 5.69 Å². The standard InChI is InChI=1S/C29H30BrN3O6/c1-29(2,3)20-6-12-23(13-7-20)39-24-14-10-22(11-15-24)31-25(34)16-17-27(36)38-18-26(35)32-33-28(37)19-4-8-21(30)9-5-19/h4-15H,16-18H2,1-3H3,(H,31,34)(H,32,35)(H,33,37). The van der Waals surface area contributed by atoms with Crippen molar-refractivity contribution in [3.8, 4) is 11.5 Å². The van der Waals surface area contributed by atoms with Crippen LogP contribution in [0.5, 0.6) is 11.5 Å². The van der Waals surface area contributed by atoms with Crippen LogP contribution in [0.15, 0.2) is 77.3 Å². The first kappa shape index (κ1) is 29.4. The number of nitrogens with one attached hydrogen (secondary N) is 3. The third kappa shape index (κ3) is 9.90. The van der Waals surface area contributed by atoms with Gasteiger partial charge in [-0.1, -0.05) is 48.8 Å². The molecule has 0 aliphatic carbocycles. The number of rotatable bonds is 9. The molecule has 0 heterocycles. The van der Waals surface area contributed by atoms with Crippen molar-refractivity contribution in [2.45, 2.75) is 39.0 Å². The Balaban J connectivity index is 1.34. The first-order valence-corrected chi connectivity index (χ1v) is 13.0. The first-order chi connectivity index (χ1) is 18.5. The smallest absolute Gasteiger partial charge is 0.306 e. The zero-order chi connectivity index (χ0) is 28.4. The topological polar surface area (TPSA) is 123 Å². The molecule has 0 bridgehead atoms. The number of benzene rings is 3. The molecule has 3 aromatic rings. The average Bonchev–Trinajstić information content (AvgIpc) is 2.90. The molecule has 0 aromatic heterocycles. The molecule has 39 heavy (non-hydrogen) atoms. The third-order valence-corrected chi connectivity index (χ3v) is 5.97.